The van der Waals surface area contributed by atoms with Gasteiger partial charge >= 0.3 is 0 Å². The number of rotatable bonds is 6. The summed E-state index contributed by atoms with van der Waals surface area (Å²) >= 11 is 0. The Morgan fingerprint density at radius 3 is 1.55 bits per heavy atom. The lowest BCUT2D eigenvalue weighted by Gasteiger charge is -2.36. The summed E-state index contributed by atoms with van der Waals surface area (Å²) in [5.41, 5.74) is 1.66. The molecular formula is C22H36. The molecule has 0 saturated heterocycles. The van der Waals surface area contributed by atoms with Crippen LogP contribution < -0.4 is 0 Å². The van der Waals surface area contributed by atoms with E-state index in [2.05, 4.69) is 25.8 Å². The molecule has 2 aliphatic carbocycles. The minimum atomic E-state index is 0.803. The largest absolute Gasteiger partial charge is 0.115 e. The van der Waals surface area contributed by atoms with Crippen molar-refractivity contribution in [3.63, 3.8) is 0 Å². The highest BCUT2D eigenvalue weighted by Gasteiger charge is 2.30. The molecule has 22 heavy (non-hydrogen) atoms. The summed E-state index contributed by atoms with van der Waals surface area (Å²) in [5.74, 6) is 6.47. The monoisotopic (exact) mass is 300 g/mol. The number of allylic oxidation sites excluding steroid dienone is 2. The zero-order valence-electron chi connectivity index (χ0n) is 14.9. The van der Waals surface area contributed by atoms with E-state index in [0.29, 0.717) is 0 Å². The van der Waals surface area contributed by atoms with Gasteiger partial charge in [-0.3, -0.25) is 0 Å². The second-order valence-electron chi connectivity index (χ2n) is 7.82. The van der Waals surface area contributed by atoms with Crippen LogP contribution in [0.4, 0.5) is 0 Å². The molecule has 0 radical (unpaired) electrons. The third kappa shape index (κ3) is 4.91. The van der Waals surface area contributed by atoms with Crippen LogP contribution in [0.3, 0.4) is 0 Å². The van der Waals surface area contributed by atoms with Gasteiger partial charge in [-0.2, -0.15) is 0 Å². The van der Waals surface area contributed by atoms with Crippen LogP contribution in [0.2, 0.25) is 0 Å². The Morgan fingerprint density at radius 2 is 1.23 bits per heavy atom. The van der Waals surface area contributed by atoms with Crippen LogP contribution >= 0.6 is 0 Å². The Balaban J connectivity index is 1.89. The van der Waals surface area contributed by atoms with Crippen LogP contribution in [-0.4, -0.2) is 0 Å². The van der Waals surface area contributed by atoms with E-state index in [9.17, 15) is 0 Å². The van der Waals surface area contributed by atoms with E-state index in [4.69, 9.17) is 6.42 Å². The van der Waals surface area contributed by atoms with Crippen LogP contribution in [0.25, 0.3) is 0 Å². The van der Waals surface area contributed by atoms with Crippen LogP contribution in [0.5, 0.6) is 0 Å². The first-order valence-corrected chi connectivity index (χ1v) is 9.94. The molecule has 0 heteroatoms. The third-order valence-corrected chi connectivity index (χ3v) is 6.28. The molecule has 0 nitrogen and oxygen atoms in total. The summed E-state index contributed by atoms with van der Waals surface area (Å²) in [5, 5.41) is 0. The molecule has 2 fully saturated rings. The minimum absolute atomic E-state index is 0.803. The fourth-order valence-electron chi connectivity index (χ4n) is 5.05. The van der Waals surface area contributed by atoms with Crippen molar-refractivity contribution in [2.75, 3.05) is 0 Å². The molecule has 0 heterocycles. The maximum atomic E-state index is 5.67. The highest BCUT2D eigenvalue weighted by molar-refractivity contribution is 5.23. The van der Waals surface area contributed by atoms with E-state index in [-0.39, 0.29) is 0 Å². The maximum absolute atomic E-state index is 5.67. The van der Waals surface area contributed by atoms with Gasteiger partial charge < -0.3 is 0 Å². The van der Waals surface area contributed by atoms with Gasteiger partial charge in [-0.15, -0.1) is 6.42 Å². The van der Waals surface area contributed by atoms with Crippen molar-refractivity contribution < 1.29 is 0 Å². The fraction of sp³-hybridized carbons (Fsp3) is 0.818. The normalized spacial score (nSPS) is 32.2. The molecule has 0 spiro atoms. The highest BCUT2D eigenvalue weighted by atomic mass is 14.3. The summed E-state index contributed by atoms with van der Waals surface area (Å²) in [4.78, 5) is 0. The molecule has 0 aromatic heterocycles. The number of hydrogen-bond donors (Lipinski definition) is 0. The topological polar surface area (TPSA) is 0 Å². The molecule has 0 aliphatic heterocycles. The number of terminal acetylenes is 1. The lowest BCUT2D eigenvalue weighted by Crippen LogP contribution is -2.23. The minimum Gasteiger partial charge on any atom is -0.115 e. The zero-order valence-corrected chi connectivity index (χ0v) is 14.9. The zero-order chi connectivity index (χ0) is 15.8. The predicted octanol–water partition coefficient (Wildman–Crippen LogP) is 6.76. The van der Waals surface area contributed by atoms with Crippen molar-refractivity contribution in [3.8, 4) is 12.3 Å². The molecule has 0 atom stereocenters. The Morgan fingerprint density at radius 1 is 0.818 bits per heavy atom. The van der Waals surface area contributed by atoms with Crippen LogP contribution in [0.1, 0.15) is 90.9 Å². The van der Waals surface area contributed by atoms with Gasteiger partial charge in [-0.25, -0.2) is 0 Å². The van der Waals surface area contributed by atoms with Gasteiger partial charge in [0.15, 0.2) is 0 Å². The van der Waals surface area contributed by atoms with Crippen LogP contribution in [0, 0.1) is 36.0 Å². The molecule has 2 saturated carbocycles. The highest BCUT2D eigenvalue weighted by Crippen LogP contribution is 2.43. The van der Waals surface area contributed by atoms with E-state index in [1.807, 2.05) is 0 Å². The molecule has 0 N–H and O–H groups in total. The third-order valence-electron chi connectivity index (χ3n) is 6.28. The lowest BCUT2D eigenvalue weighted by atomic mass is 9.69. The molecule has 124 valence electrons. The summed E-state index contributed by atoms with van der Waals surface area (Å²) < 4.78 is 0. The van der Waals surface area contributed by atoms with Crippen LogP contribution in [0.15, 0.2) is 11.6 Å². The SMILES string of the molecule is C#CC=C(C1CCC(CCC)CC1)C1CCC(CCC)CC1. The Kier molecular flexibility index (Phi) is 7.57. The summed E-state index contributed by atoms with van der Waals surface area (Å²) in [7, 11) is 0. The van der Waals surface area contributed by atoms with Gasteiger partial charge in [0.25, 0.3) is 0 Å². The smallest absolute Gasteiger partial charge is 0.0124 e. The quantitative estimate of drug-likeness (QED) is 0.475. The number of hydrogen-bond acceptors (Lipinski definition) is 0. The van der Waals surface area contributed by atoms with Crippen molar-refractivity contribution >= 4 is 0 Å². The van der Waals surface area contributed by atoms with Gasteiger partial charge in [0.05, 0.1) is 0 Å². The molecule has 2 rings (SSSR count). The maximum Gasteiger partial charge on any atom is -0.0124 e. The first kappa shape index (κ1) is 17.7. The molecule has 0 aromatic carbocycles. The average molecular weight is 301 g/mol. The van der Waals surface area contributed by atoms with Gasteiger partial charge in [0, 0.05) is 0 Å². The van der Waals surface area contributed by atoms with Gasteiger partial charge in [0.2, 0.25) is 0 Å². The average Bonchev–Trinajstić information content (AvgIpc) is 2.55. The molecule has 0 amide bonds. The van der Waals surface area contributed by atoms with Gasteiger partial charge in [-0.1, -0.05) is 51.0 Å². The van der Waals surface area contributed by atoms with Crippen LogP contribution in [-0.2, 0) is 0 Å². The van der Waals surface area contributed by atoms with Crippen molar-refractivity contribution in [3.05, 3.63) is 11.6 Å². The van der Waals surface area contributed by atoms with Crippen molar-refractivity contribution in [1.29, 1.82) is 0 Å². The van der Waals surface area contributed by atoms with E-state index in [0.717, 1.165) is 23.7 Å². The van der Waals surface area contributed by atoms with Gasteiger partial charge in [0.1, 0.15) is 0 Å². The van der Waals surface area contributed by atoms with Crippen molar-refractivity contribution in [2.24, 2.45) is 23.7 Å². The van der Waals surface area contributed by atoms with E-state index >= 15 is 0 Å². The van der Waals surface area contributed by atoms with Crippen molar-refractivity contribution in [2.45, 2.75) is 90.9 Å². The van der Waals surface area contributed by atoms with Crippen molar-refractivity contribution in [1.82, 2.24) is 0 Å². The lowest BCUT2D eigenvalue weighted by molar-refractivity contribution is 0.239. The molecular weight excluding hydrogens is 264 g/mol. The second kappa shape index (κ2) is 9.44. The Hall–Kier alpha value is -0.700. The molecule has 0 unspecified atom stereocenters. The summed E-state index contributed by atoms with van der Waals surface area (Å²) in [6, 6.07) is 0. The Labute approximate surface area is 139 Å². The first-order chi connectivity index (χ1) is 10.8. The summed E-state index contributed by atoms with van der Waals surface area (Å²) in [6.45, 7) is 4.65. The van der Waals surface area contributed by atoms with E-state index in [1.54, 1.807) is 5.57 Å². The standard InChI is InChI=1S/C22H36/c1-4-7-18-10-14-20(15-11-18)22(9-6-3)21-16-12-19(8-5-2)13-17-21/h3,9,18-21H,4-5,7-8,10-17H2,1-2H3. The first-order valence-electron chi connectivity index (χ1n) is 9.94. The molecule has 0 aromatic rings. The predicted molar refractivity (Wildman–Crippen MR) is 97.6 cm³/mol. The summed E-state index contributed by atoms with van der Waals surface area (Å²) in [6.07, 6.45) is 24.7. The van der Waals surface area contributed by atoms with Gasteiger partial charge in [-0.05, 0) is 81.1 Å². The van der Waals surface area contributed by atoms with E-state index in [1.165, 1.54) is 77.0 Å². The van der Waals surface area contributed by atoms with E-state index < -0.39 is 0 Å². The Bertz CT molecular complexity index is 339. The second-order valence-corrected chi connectivity index (χ2v) is 7.82. The molecule has 0 bridgehead atoms. The fourth-order valence-corrected chi connectivity index (χ4v) is 5.05. The molecule has 2 aliphatic rings.